The Balaban J connectivity index is 2.16. The molecule has 5 heteroatoms. The van der Waals surface area contributed by atoms with E-state index in [0.29, 0.717) is 5.56 Å². The summed E-state index contributed by atoms with van der Waals surface area (Å²) >= 11 is 0. The van der Waals surface area contributed by atoms with Gasteiger partial charge in [0.15, 0.2) is 0 Å². The van der Waals surface area contributed by atoms with E-state index in [-0.39, 0.29) is 12.5 Å². The van der Waals surface area contributed by atoms with Crippen LogP contribution >= 0.6 is 0 Å². The molecule has 84 valence electrons. The fourth-order valence-corrected chi connectivity index (χ4v) is 1.43. The first-order valence-corrected chi connectivity index (χ1v) is 5.06. The standard InChI is InChI=1S/C11H13N3O2/c1-7(15)5-12-11(16)8-2-3-10-9(4-8)6-13-14-10/h2-4,6-7,15H,5H2,1H3,(H,12,16)(H,13,14). The number of H-pyrrole nitrogens is 1. The number of aliphatic hydroxyl groups is 1. The summed E-state index contributed by atoms with van der Waals surface area (Å²) in [5.41, 5.74) is 1.46. The molecule has 0 aliphatic heterocycles. The van der Waals surface area contributed by atoms with Crippen LogP contribution in [-0.4, -0.2) is 33.9 Å². The smallest absolute Gasteiger partial charge is 0.251 e. The summed E-state index contributed by atoms with van der Waals surface area (Å²) in [7, 11) is 0. The van der Waals surface area contributed by atoms with Gasteiger partial charge >= 0.3 is 0 Å². The van der Waals surface area contributed by atoms with E-state index in [4.69, 9.17) is 5.11 Å². The highest BCUT2D eigenvalue weighted by molar-refractivity contribution is 5.97. The van der Waals surface area contributed by atoms with Crippen molar-refractivity contribution in [3.8, 4) is 0 Å². The summed E-state index contributed by atoms with van der Waals surface area (Å²) < 4.78 is 0. The van der Waals surface area contributed by atoms with Crippen molar-refractivity contribution >= 4 is 16.8 Å². The molecular formula is C11H13N3O2. The van der Waals surface area contributed by atoms with Crippen LogP contribution < -0.4 is 5.32 Å². The monoisotopic (exact) mass is 219 g/mol. The van der Waals surface area contributed by atoms with Crippen LogP contribution in [0.2, 0.25) is 0 Å². The highest BCUT2D eigenvalue weighted by Gasteiger charge is 2.07. The Morgan fingerprint density at radius 3 is 3.19 bits per heavy atom. The Bertz CT molecular complexity index is 505. The second-order valence-electron chi connectivity index (χ2n) is 3.73. The van der Waals surface area contributed by atoms with Gasteiger partial charge in [-0.2, -0.15) is 5.10 Å². The van der Waals surface area contributed by atoms with Crippen LogP contribution in [0.3, 0.4) is 0 Å². The SMILES string of the molecule is CC(O)CNC(=O)c1ccc2[nH]ncc2c1. The molecule has 16 heavy (non-hydrogen) atoms. The van der Waals surface area contributed by atoms with Crippen LogP contribution in [0.4, 0.5) is 0 Å². The van der Waals surface area contributed by atoms with E-state index in [1.54, 1.807) is 31.3 Å². The molecule has 0 fully saturated rings. The van der Waals surface area contributed by atoms with Crippen molar-refractivity contribution < 1.29 is 9.90 Å². The number of amides is 1. The van der Waals surface area contributed by atoms with Crippen LogP contribution in [0.15, 0.2) is 24.4 Å². The van der Waals surface area contributed by atoms with Crippen LogP contribution in [0.25, 0.3) is 10.9 Å². The predicted molar refractivity (Wildman–Crippen MR) is 60.1 cm³/mol. The molecule has 2 aromatic rings. The fraction of sp³-hybridized carbons (Fsp3) is 0.273. The summed E-state index contributed by atoms with van der Waals surface area (Å²) in [5.74, 6) is -0.191. The Labute approximate surface area is 92.5 Å². The molecule has 2 rings (SSSR count). The molecule has 1 aromatic heterocycles. The van der Waals surface area contributed by atoms with Gasteiger partial charge in [-0.1, -0.05) is 0 Å². The maximum absolute atomic E-state index is 11.7. The quantitative estimate of drug-likeness (QED) is 0.710. The van der Waals surface area contributed by atoms with Gasteiger partial charge in [0.05, 0.1) is 17.8 Å². The maximum Gasteiger partial charge on any atom is 0.251 e. The Hall–Kier alpha value is -1.88. The first kappa shape index (κ1) is 10.6. The van der Waals surface area contributed by atoms with Gasteiger partial charge in [0.1, 0.15) is 0 Å². The Morgan fingerprint density at radius 2 is 2.44 bits per heavy atom. The molecule has 0 bridgehead atoms. The van der Waals surface area contributed by atoms with Gasteiger partial charge in [0.2, 0.25) is 0 Å². The average Bonchev–Trinajstić information content (AvgIpc) is 2.72. The summed E-state index contributed by atoms with van der Waals surface area (Å²) in [6, 6.07) is 5.29. The third-order valence-electron chi connectivity index (χ3n) is 2.26. The molecule has 0 radical (unpaired) electrons. The zero-order valence-electron chi connectivity index (χ0n) is 8.90. The van der Waals surface area contributed by atoms with Gasteiger partial charge in [-0.15, -0.1) is 0 Å². The van der Waals surface area contributed by atoms with Crippen molar-refractivity contribution in [2.45, 2.75) is 13.0 Å². The number of carbonyl (C=O) groups is 1. The van der Waals surface area contributed by atoms with Crippen LogP contribution in [0.5, 0.6) is 0 Å². The average molecular weight is 219 g/mol. The lowest BCUT2D eigenvalue weighted by atomic mass is 10.1. The van der Waals surface area contributed by atoms with Crippen LogP contribution in [-0.2, 0) is 0 Å². The molecular weight excluding hydrogens is 206 g/mol. The minimum Gasteiger partial charge on any atom is -0.392 e. The molecule has 3 N–H and O–H groups in total. The topological polar surface area (TPSA) is 78.0 Å². The number of rotatable bonds is 3. The molecule has 0 saturated heterocycles. The third-order valence-corrected chi connectivity index (χ3v) is 2.26. The lowest BCUT2D eigenvalue weighted by molar-refractivity contribution is 0.0924. The van der Waals surface area contributed by atoms with E-state index in [1.807, 2.05) is 0 Å². The van der Waals surface area contributed by atoms with Crippen molar-refractivity contribution in [2.75, 3.05) is 6.54 Å². The first-order chi connectivity index (χ1) is 7.66. The number of benzene rings is 1. The van der Waals surface area contributed by atoms with E-state index < -0.39 is 6.10 Å². The highest BCUT2D eigenvalue weighted by atomic mass is 16.3. The number of nitrogens with one attached hydrogen (secondary N) is 2. The van der Waals surface area contributed by atoms with E-state index >= 15 is 0 Å². The summed E-state index contributed by atoms with van der Waals surface area (Å²) in [6.45, 7) is 1.88. The Kier molecular flexibility index (Phi) is 2.87. The number of carbonyl (C=O) groups excluding carboxylic acids is 1. The number of nitrogens with zero attached hydrogens (tertiary/aromatic N) is 1. The summed E-state index contributed by atoms with van der Waals surface area (Å²) in [6.07, 6.45) is 1.13. The molecule has 1 amide bonds. The molecule has 1 aromatic carbocycles. The van der Waals surface area contributed by atoms with Crippen molar-refractivity contribution in [3.05, 3.63) is 30.0 Å². The number of hydrogen-bond donors (Lipinski definition) is 3. The van der Waals surface area contributed by atoms with Crippen molar-refractivity contribution in [2.24, 2.45) is 0 Å². The number of fused-ring (bicyclic) bond motifs is 1. The molecule has 5 nitrogen and oxygen atoms in total. The number of aromatic nitrogens is 2. The molecule has 0 saturated carbocycles. The van der Waals surface area contributed by atoms with Gasteiger partial charge in [0.25, 0.3) is 5.91 Å². The third kappa shape index (κ3) is 2.20. The van der Waals surface area contributed by atoms with Gasteiger partial charge < -0.3 is 10.4 Å². The largest absolute Gasteiger partial charge is 0.392 e. The zero-order valence-corrected chi connectivity index (χ0v) is 8.90. The summed E-state index contributed by atoms with van der Waals surface area (Å²) in [5, 5.41) is 19.3. The number of hydrogen-bond acceptors (Lipinski definition) is 3. The normalized spacial score (nSPS) is 12.6. The molecule has 0 aliphatic carbocycles. The van der Waals surface area contributed by atoms with E-state index in [1.165, 1.54) is 0 Å². The number of aromatic amines is 1. The van der Waals surface area contributed by atoms with Gasteiger partial charge in [0, 0.05) is 17.5 Å². The van der Waals surface area contributed by atoms with Crippen LogP contribution in [0.1, 0.15) is 17.3 Å². The summed E-state index contributed by atoms with van der Waals surface area (Å²) in [4.78, 5) is 11.7. The van der Waals surface area contributed by atoms with Gasteiger partial charge in [-0.3, -0.25) is 9.89 Å². The van der Waals surface area contributed by atoms with E-state index in [2.05, 4.69) is 15.5 Å². The second kappa shape index (κ2) is 4.32. The zero-order chi connectivity index (χ0) is 11.5. The van der Waals surface area contributed by atoms with E-state index in [0.717, 1.165) is 10.9 Å². The van der Waals surface area contributed by atoms with Gasteiger partial charge in [-0.05, 0) is 25.1 Å². The maximum atomic E-state index is 11.7. The van der Waals surface area contributed by atoms with Crippen LogP contribution in [0, 0.1) is 0 Å². The molecule has 1 heterocycles. The lowest BCUT2D eigenvalue weighted by Crippen LogP contribution is -2.30. The highest BCUT2D eigenvalue weighted by Crippen LogP contribution is 2.12. The first-order valence-electron chi connectivity index (χ1n) is 5.06. The Morgan fingerprint density at radius 1 is 1.62 bits per heavy atom. The minimum atomic E-state index is -0.540. The molecule has 1 unspecified atom stereocenters. The molecule has 0 aliphatic rings. The van der Waals surface area contributed by atoms with Crippen molar-refractivity contribution in [1.82, 2.24) is 15.5 Å². The predicted octanol–water partition coefficient (Wildman–Crippen LogP) is 0.673. The second-order valence-corrected chi connectivity index (χ2v) is 3.73. The van der Waals surface area contributed by atoms with E-state index in [9.17, 15) is 4.79 Å². The van der Waals surface area contributed by atoms with Crippen molar-refractivity contribution in [1.29, 1.82) is 0 Å². The lowest BCUT2D eigenvalue weighted by Gasteiger charge is -2.06. The number of aliphatic hydroxyl groups excluding tert-OH is 1. The van der Waals surface area contributed by atoms with Gasteiger partial charge in [-0.25, -0.2) is 0 Å². The van der Waals surface area contributed by atoms with Crippen molar-refractivity contribution in [3.63, 3.8) is 0 Å². The molecule has 0 spiro atoms. The minimum absolute atomic E-state index is 0.191. The fourth-order valence-electron chi connectivity index (χ4n) is 1.43. The molecule has 1 atom stereocenters.